The SMILES string of the molecule is O=C(Nc1ccc(OC(F)F)cc1)c1cc(-c2cccs2)on1. The third-order valence-electron chi connectivity index (χ3n) is 2.84. The highest BCUT2D eigenvalue weighted by molar-refractivity contribution is 7.13. The average molecular weight is 336 g/mol. The number of nitrogens with zero attached hydrogens (tertiary/aromatic N) is 1. The van der Waals surface area contributed by atoms with Crippen LogP contribution < -0.4 is 10.1 Å². The second kappa shape index (κ2) is 6.57. The third-order valence-corrected chi connectivity index (χ3v) is 3.73. The van der Waals surface area contributed by atoms with Crippen LogP contribution in [-0.2, 0) is 0 Å². The zero-order valence-electron chi connectivity index (χ0n) is 11.5. The van der Waals surface area contributed by atoms with Gasteiger partial charge < -0.3 is 14.6 Å². The molecule has 0 saturated heterocycles. The molecule has 1 amide bonds. The molecule has 3 rings (SSSR count). The summed E-state index contributed by atoms with van der Waals surface area (Å²) in [5.41, 5.74) is 0.554. The van der Waals surface area contributed by atoms with Crippen LogP contribution in [0.15, 0.2) is 52.4 Å². The zero-order chi connectivity index (χ0) is 16.2. The highest BCUT2D eigenvalue weighted by atomic mass is 32.1. The summed E-state index contributed by atoms with van der Waals surface area (Å²) in [5.74, 6) is 0.0596. The van der Waals surface area contributed by atoms with Crippen LogP contribution in [0.5, 0.6) is 5.75 Å². The van der Waals surface area contributed by atoms with E-state index in [1.165, 1.54) is 41.7 Å². The minimum Gasteiger partial charge on any atom is -0.435 e. The maximum atomic E-state index is 12.1. The van der Waals surface area contributed by atoms with E-state index < -0.39 is 12.5 Å². The van der Waals surface area contributed by atoms with Crippen LogP contribution in [0, 0.1) is 0 Å². The highest BCUT2D eigenvalue weighted by Crippen LogP contribution is 2.25. The van der Waals surface area contributed by atoms with E-state index in [2.05, 4.69) is 15.2 Å². The van der Waals surface area contributed by atoms with Gasteiger partial charge in [0.05, 0.1) is 4.88 Å². The molecule has 0 unspecified atom stereocenters. The zero-order valence-corrected chi connectivity index (χ0v) is 12.3. The minimum atomic E-state index is -2.89. The smallest absolute Gasteiger partial charge is 0.387 e. The van der Waals surface area contributed by atoms with E-state index >= 15 is 0 Å². The summed E-state index contributed by atoms with van der Waals surface area (Å²) < 4.78 is 33.5. The molecule has 0 aliphatic rings. The number of rotatable bonds is 5. The van der Waals surface area contributed by atoms with Crippen molar-refractivity contribution in [1.29, 1.82) is 0 Å². The predicted molar refractivity (Wildman–Crippen MR) is 80.8 cm³/mol. The molecule has 1 N–H and O–H groups in total. The number of benzene rings is 1. The Morgan fingerprint density at radius 1 is 1.26 bits per heavy atom. The van der Waals surface area contributed by atoms with Gasteiger partial charge in [0.2, 0.25) is 0 Å². The third kappa shape index (κ3) is 3.72. The van der Waals surface area contributed by atoms with Crippen LogP contribution in [-0.4, -0.2) is 17.7 Å². The molecule has 0 radical (unpaired) electrons. The fourth-order valence-electron chi connectivity index (χ4n) is 1.83. The van der Waals surface area contributed by atoms with Crippen molar-refractivity contribution in [3.63, 3.8) is 0 Å². The molecule has 0 spiro atoms. The van der Waals surface area contributed by atoms with E-state index in [0.717, 1.165) is 4.88 Å². The summed E-state index contributed by atoms with van der Waals surface area (Å²) >= 11 is 1.47. The Kier molecular flexibility index (Phi) is 4.33. The lowest BCUT2D eigenvalue weighted by Crippen LogP contribution is -2.12. The molecule has 0 fully saturated rings. The molecule has 2 heterocycles. The Bertz CT molecular complexity index is 785. The molecule has 1 aromatic carbocycles. The molecular formula is C15H10F2N2O3S. The Morgan fingerprint density at radius 2 is 2.04 bits per heavy atom. The van der Waals surface area contributed by atoms with Crippen molar-refractivity contribution in [3.05, 3.63) is 53.5 Å². The first-order valence-electron chi connectivity index (χ1n) is 6.48. The van der Waals surface area contributed by atoms with Gasteiger partial charge in [0.1, 0.15) is 5.75 Å². The van der Waals surface area contributed by atoms with Crippen LogP contribution in [0.2, 0.25) is 0 Å². The van der Waals surface area contributed by atoms with E-state index in [-0.39, 0.29) is 11.4 Å². The molecule has 23 heavy (non-hydrogen) atoms. The van der Waals surface area contributed by atoms with E-state index in [1.54, 1.807) is 0 Å². The van der Waals surface area contributed by atoms with Gasteiger partial charge in [-0.2, -0.15) is 8.78 Å². The minimum absolute atomic E-state index is 0.0133. The van der Waals surface area contributed by atoms with Gasteiger partial charge in [0.25, 0.3) is 5.91 Å². The van der Waals surface area contributed by atoms with Gasteiger partial charge in [-0.3, -0.25) is 4.79 Å². The normalized spacial score (nSPS) is 10.7. The first kappa shape index (κ1) is 15.2. The molecule has 2 aromatic heterocycles. The number of amides is 1. The number of nitrogens with one attached hydrogen (secondary N) is 1. The second-order valence-electron chi connectivity index (χ2n) is 4.41. The summed E-state index contributed by atoms with van der Waals surface area (Å²) in [6, 6.07) is 10.8. The lowest BCUT2D eigenvalue weighted by Gasteiger charge is -2.06. The van der Waals surface area contributed by atoms with Crippen LogP contribution >= 0.6 is 11.3 Å². The predicted octanol–water partition coefficient (Wildman–Crippen LogP) is 4.26. The van der Waals surface area contributed by atoms with Gasteiger partial charge in [-0.15, -0.1) is 11.3 Å². The number of hydrogen-bond donors (Lipinski definition) is 1. The number of hydrogen-bond acceptors (Lipinski definition) is 5. The molecule has 5 nitrogen and oxygen atoms in total. The van der Waals surface area contributed by atoms with Crippen molar-refractivity contribution in [2.45, 2.75) is 6.61 Å². The Hall–Kier alpha value is -2.74. The maximum absolute atomic E-state index is 12.1. The molecule has 0 atom stereocenters. The lowest BCUT2D eigenvalue weighted by molar-refractivity contribution is -0.0498. The van der Waals surface area contributed by atoms with Crippen molar-refractivity contribution < 1.29 is 22.8 Å². The number of aromatic nitrogens is 1. The van der Waals surface area contributed by atoms with Gasteiger partial charge >= 0.3 is 6.61 Å². The number of carbonyl (C=O) groups excluding carboxylic acids is 1. The highest BCUT2D eigenvalue weighted by Gasteiger charge is 2.14. The van der Waals surface area contributed by atoms with Crippen LogP contribution in [0.25, 0.3) is 10.6 Å². The van der Waals surface area contributed by atoms with Gasteiger partial charge in [-0.1, -0.05) is 11.2 Å². The van der Waals surface area contributed by atoms with E-state index in [0.29, 0.717) is 11.4 Å². The van der Waals surface area contributed by atoms with Crippen molar-refractivity contribution in [2.75, 3.05) is 5.32 Å². The standard InChI is InChI=1S/C15H10F2N2O3S/c16-15(17)21-10-5-3-9(4-6-10)18-14(20)11-8-12(22-19-11)13-2-1-7-23-13/h1-8,15H,(H,18,20). The van der Waals surface area contributed by atoms with E-state index in [4.69, 9.17) is 4.52 Å². The molecule has 8 heteroatoms. The van der Waals surface area contributed by atoms with Crippen LogP contribution in [0.1, 0.15) is 10.5 Å². The maximum Gasteiger partial charge on any atom is 0.387 e. The first-order valence-corrected chi connectivity index (χ1v) is 7.36. The van der Waals surface area contributed by atoms with Crippen molar-refractivity contribution in [1.82, 2.24) is 5.16 Å². The lowest BCUT2D eigenvalue weighted by atomic mass is 10.2. The van der Waals surface area contributed by atoms with E-state index in [1.807, 2.05) is 17.5 Å². The van der Waals surface area contributed by atoms with E-state index in [9.17, 15) is 13.6 Å². The topological polar surface area (TPSA) is 64.4 Å². The van der Waals surface area contributed by atoms with Gasteiger partial charge in [-0.25, -0.2) is 0 Å². The summed E-state index contributed by atoms with van der Waals surface area (Å²) in [5, 5.41) is 8.21. The Balaban J connectivity index is 1.67. The van der Waals surface area contributed by atoms with Crippen LogP contribution in [0.3, 0.4) is 0 Å². The molecule has 0 aliphatic carbocycles. The number of halogens is 2. The Morgan fingerprint density at radius 3 is 2.70 bits per heavy atom. The fraction of sp³-hybridized carbons (Fsp3) is 0.0667. The van der Waals surface area contributed by atoms with Crippen molar-refractivity contribution in [2.24, 2.45) is 0 Å². The molecule has 0 bridgehead atoms. The molecule has 3 aromatic rings. The number of ether oxygens (including phenoxy) is 1. The number of anilines is 1. The molecular weight excluding hydrogens is 326 g/mol. The van der Waals surface area contributed by atoms with Crippen molar-refractivity contribution >= 4 is 22.9 Å². The number of alkyl halides is 2. The first-order chi connectivity index (χ1) is 11.1. The van der Waals surface area contributed by atoms with Crippen molar-refractivity contribution in [3.8, 4) is 16.4 Å². The van der Waals surface area contributed by atoms with Crippen LogP contribution in [0.4, 0.5) is 14.5 Å². The molecule has 118 valence electrons. The average Bonchev–Trinajstić information content (AvgIpc) is 3.19. The monoisotopic (exact) mass is 336 g/mol. The molecule has 0 saturated carbocycles. The second-order valence-corrected chi connectivity index (χ2v) is 5.36. The number of thiophene rings is 1. The molecule has 0 aliphatic heterocycles. The van der Waals surface area contributed by atoms with Gasteiger partial charge in [0.15, 0.2) is 11.5 Å². The largest absolute Gasteiger partial charge is 0.435 e. The summed E-state index contributed by atoms with van der Waals surface area (Å²) in [7, 11) is 0. The summed E-state index contributed by atoms with van der Waals surface area (Å²) in [4.78, 5) is 12.9. The van der Waals surface area contributed by atoms with Gasteiger partial charge in [0, 0.05) is 11.8 Å². The number of carbonyl (C=O) groups is 1. The summed E-state index contributed by atoms with van der Waals surface area (Å²) in [6.45, 7) is -2.89. The summed E-state index contributed by atoms with van der Waals surface area (Å²) in [6.07, 6.45) is 0. The Labute approximate surface area is 133 Å². The quantitative estimate of drug-likeness (QED) is 0.756. The van der Waals surface area contributed by atoms with Gasteiger partial charge in [-0.05, 0) is 35.7 Å². The fourth-order valence-corrected chi connectivity index (χ4v) is 2.51.